The Labute approximate surface area is 182 Å². The maximum atomic E-state index is 13.3. The average Bonchev–Trinajstić information content (AvgIpc) is 3.06. The number of benzene rings is 1. The molecule has 1 aliphatic rings. The van der Waals surface area contributed by atoms with Crippen molar-refractivity contribution in [2.75, 3.05) is 19.7 Å². The number of tetrazole rings is 1. The number of hydrogen-bond acceptors (Lipinski definition) is 6. The zero-order valence-electron chi connectivity index (χ0n) is 18.9. The topological polar surface area (TPSA) is 88.9 Å². The third-order valence-corrected chi connectivity index (χ3v) is 5.83. The Morgan fingerprint density at radius 1 is 1.13 bits per heavy atom. The van der Waals surface area contributed by atoms with Gasteiger partial charge in [0.15, 0.2) is 5.82 Å². The van der Waals surface area contributed by atoms with E-state index in [4.69, 9.17) is 4.74 Å². The number of H-pyrrole nitrogens is 1. The van der Waals surface area contributed by atoms with Crippen LogP contribution in [0.25, 0.3) is 10.9 Å². The number of aromatic amines is 1. The predicted molar refractivity (Wildman–Crippen MR) is 120 cm³/mol. The zero-order chi connectivity index (χ0) is 22.0. The summed E-state index contributed by atoms with van der Waals surface area (Å²) in [7, 11) is 0. The van der Waals surface area contributed by atoms with Gasteiger partial charge in [-0.2, -0.15) is 0 Å². The molecule has 0 aliphatic carbocycles. The van der Waals surface area contributed by atoms with Crippen LogP contribution >= 0.6 is 0 Å². The maximum absolute atomic E-state index is 13.3. The molecule has 8 nitrogen and oxygen atoms in total. The van der Waals surface area contributed by atoms with Gasteiger partial charge in [0.25, 0.3) is 5.56 Å². The van der Waals surface area contributed by atoms with E-state index in [1.54, 1.807) is 0 Å². The van der Waals surface area contributed by atoms with Crippen molar-refractivity contribution in [1.82, 2.24) is 30.1 Å². The fraction of sp³-hybridized carbons (Fsp3) is 0.565. The summed E-state index contributed by atoms with van der Waals surface area (Å²) >= 11 is 0. The first-order chi connectivity index (χ1) is 14.9. The van der Waals surface area contributed by atoms with Crippen LogP contribution in [0.3, 0.4) is 0 Å². The van der Waals surface area contributed by atoms with E-state index in [2.05, 4.69) is 46.2 Å². The number of hydrogen-bond donors (Lipinski definition) is 1. The van der Waals surface area contributed by atoms with E-state index in [0.29, 0.717) is 18.0 Å². The molecule has 4 rings (SSSR count). The van der Waals surface area contributed by atoms with Crippen molar-refractivity contribution in [3.05, 3.63) is 46.0 Å². The molecule has 1 saturated heterocycles. The molecule has 0 radical (unpaired) electrons. The number of nitrogens with one attached hydrogen (secondary N) is 1. The molecule has 1 N–H and O–H groups in total. The third-order valence-electron chi connectivity index (χ3n) is 5.83. The van der Waals surface area contributed by atoms with Gasteiger partial charge in [-0.25, -0.2) is 4.68 Å². The number of fused-ring (bicyclic) bond motifs is 1. The van der Waals surface area contributed by atoms with E-state index in [1.807, 2.05) is 35.9 Å². The Bertz CT molecular complexity index is 1090. The highest BCUT2D eigenvalue weighted by atomic mass is 16.5. The fourth-order valence-corrected chi connectivity index (χ4v) is 4.36. The van der Waals surface area contributed by atoms with E-state index < -0.39 is 0 Å². The van der Waals surface area contributed by atoms with Crippen molar-refractivity contribution in [1.29, 1.82) is 0 Å². The maximum Gasteiger partial charge on any atom is 0.253 e. The van der Waals surface area contributed by atoms with Gasteiger partial charge >= 0.3 is 0 Å². The molecular weight excluding hydrogens is 392 g/mol. The number of ether oxygens (including phenoxy) is 1. The molecule has 3 aromatic rings. The summed E-state index contributed by atoms with van der Waals surface area (Å²) in [5.74, 6) is 1.50. The number of rotatable bonds is 5. The summed E-state index contributed by atoms with van der Waals surface area (Å²) in [5.41, 5.74) is 1.06. The van der Waals surface area contributed by atoms with Crippen LogP contribution in [0.2, 0.25) is 0 Å². The molecule has 1 aliphatic heterocycles. The van der Waals surface area contributed by atoms with E-state index in [-0.39, 0.29) is 17.1 Å². The minimum atomic E-state index is -0.309. The highest BCUT2D eigenvalue weighted by Gasteiger charge is 2.33. The van der Waals surface area contributed by atoms with Gasteiger partial charge in [0.1, 0.15) is 11.8 Å². The van der Waals surface area contributed by atoms with E-state index in [9.17, 15) is 4.79 Å². The molecule has 0 amide bonds. The van der Waals surface area contributed by atoms with Crippen molar-refractivity contribution in [3.63, 3.8) is 0 Å². The van der Waals surface area contributed by atoms with Gasteiger partial charge in [0, 0.05) is 16.5 Å². The van der Waals surface area contributed by atoms with Crippen LogP contribution in [0.4, 0.5) is 0 Å². The molecule has 1 aromatic carbocycles. The van der Waals surface area contributed by atoms with Crippen molar-refractivity contribution in [2.45, 2.75) is 65.0 Å². The van der Waals surface area contributed by atoms with Gasteiger partial charge in [-0.15, -0.1) is 5.10 Å². The quantitative estimate of drug-likeness (QED) is 0.673. The second-order valence-corrected chi connectivity index (χ2v) is 9.21. The average molecular weight is 425 g/mol. The van der Waals surface area contributed by atoms with Gasteiger partial charge in [-0.3, -0.25) is 9.69 Å². The molecule has 1 atom stereocenters. The standard InChI is InChI=1S/C23H32N6O2/c1-5-31-17-10-11-19-16(14-17)15-18(22(30)24-19)20(28-12-8-6-7-9-13-28)21-25-26-27-29(21)23(2,3)4/h10-11,14-15,20H,5-9,12-13H2,1-4H3,(H,24,30)/t20-/m1/s1. The summed E-state index contributed by atoms with van der Waals surface area (Å²) in [4.78, 5) is 18.7. The Morgan fingerprint density at radius 2 is 1.87 bits per heavy atom. The molecule has 1 fully saturated rings. The predicted octanol–water partition coefficient (Wildman–Crippen LogP) is 3.63. The molecule has 166 valence electrons. The van der Waals surface area contributed by atoms with E-state index in [0.717, 1.165) is 42.6 Å². The van der Waals surface area contributed by atoms with Crippen molar-refractivity contribution >= 4 is 10.9 Å². The highest BCUT2D eigenvalue weighted by molar-refractivity contribution is 5.80. The summed E-state index contributed by atoms with van der Waals surface area (Å²) in [6.07, 6.45) is 4.62. The molecular formula is C23H32N6O2. The van der Waals surface area contributed by atoms with Crippen LogP contribution in [-0.4, -0.2) is 49.8 Å². The first-order valence-corrected chi connectivity index (χ1v) is 11.2. The van der Waals surface area contributed by atoms with Gasteiger partial charge in [0.05, 0.1) is 12.1 Å². The molecule has 3 heterocycles. The van der Waals surface area contributed by atoms with Crippen LogP contribution < -0.4 is 10.3 Å². The first kappa shape index (κ1) is 21.5. The number of pyridine rings is 1. The number of aromatic nitrogens is 5. The van der Waals surface area contributed by atoms with Crippen LogP contribution in [-0.2, 0) is 5.54 Å². The van der Waals surface area contributed by atoms with Crippen LogP contribution in [0.5, 0.6) is 5.75 Å². The Hall–Kier alpha value is -2.74. The fourth-order valence-electron chi connectivity index (χ4n) is 4.36. The largest absolute Gasteiger partial charge is 0.494 e. The minimum absolute atomic E-state index is 0.102. The normalized spacial score (nSPS) is 16.9. The molecule has 2 aromatic heterocycles. The van der Waals surface area contributed by atoms with Crippen molar-refractivity contribution in [3.8, 4) is 5.75 Å². The Balaban J connectivity index is 1.89. The van der Waals surface area contributed by atoms with Gasteiger partial charge in [-0.1, -0.05) is 12.8 Å². The lowest BCUT2D eigenvalue weighted by molar-refractivity contribution is 0.208. The Morgan fingerprint density at radius 3 is 2.55 bits per heavy atom. The van der Waals surface area contributed by atoms with Crippen LogP contribution in [0.15, 0.2) is 29.1 Å². The summed E-state index contributed by atoms with van der Waals surface area (Å²) in [5, 5.41) is 13.6. The van der Waals surface area contributed by atoms with E-state index in [1.165, 1.54) is 12.8 Å². The number of likely N-dealkylation sites (tertiary alicyclic amines) is 1. The van der Waals surface area contributed by atoms with Crippen molar-refractivity contribution in [2.24, 2.45) is 0 Å². The van der Waals surface area contributed by atoms with Gasteiger partial charge < -0.3 is 9.72 Å². The second-order valence-electron chi connectivity index (χ2n) is 9.21. The SMILES string of the molecule is CCOc1ccc2[nH]c(=O)c([C@H](c3nnnn3C(C)(C)C)N3CCCCCC3)cc2c1. The number of nitrogens with zero attached hydrogens (tertiary/aromatic N) is 5. The zero-order valence-corrected chi connectivity index (χ0v) is 18.9. The van der Waals surface area contributed by atoms with Crippen LogP contribution in [0, 0.1) is 0 Å². The lowest BCUT2D eigenvalue weighted by Crippen LogP contribution is -2.38. The lowest BCUT2D eigenvalue weighted by Gasteiger charge is -2.31. The molecule has 31 heavy (non-hydrogen) atoms. The smallest absolute Gasteiger partial charge is 0.253 e. The molecule has 8 heteroatoms. The first-order valence-electron chi connectivity index (χ1n) is 11.2. The summed E-state index contributed by atoms with van der Waals surface area (Å²) < 4.78 is 7.52. The monoisotopic (exact) mass is 424 g/mol. The van der Waals surface area contributed by atoms with E-state index >= 15 is 0 Å². The minimum Gasteiger partial charge on any atom is -0.494 e. The summed E-state index contributed by atoms with van der Waals surface area (Å²) in [6.45, 7) is 10.6. The Kier molecular flexibility index (Phi) is 6.09. The van der Waals surface area contributed by atoms with Crippen molar-refractivity contribution < 1.29 is 4.74 Å². The van der Waals surface area contributed by atoms with Crippen LogP contribution in [0.1, 0.15) is 70.8 Å². The second kappa shape index (κ2) is 8.78. The highest BCUT2D eigenvalue weighted by Crippen LogP contribution is 2.31. The molecule has 0 bridgehead atoms. The van der Waals surface area contributed by atoms with Gasteiger partial charge in [0.2, 0.25) is 0 Å². The third kappa shape index (κ3) is 4.49. The van der Waals surface area contributed by atoms with Gasteiger partial charge in [-0.05, 0) is 88.3 Å². The summed E-state index contributed by atoms with van der Waals surface area (Å²) in [6, 6.07) is 7.43. The molecule has 0 unspecified atom stereocenters. The molecule has 0 saturated carbocycles. The molecule has 0 spiro atoms. The lowest BCUT2D eigenvalue weighted by atomic mass is 10.0.